The minimum Gasteiger partial charge on any atom is -0.854 e. The van der Waals surface area contributed by atoms with Crippen LogP contribution in [-0.2, 0) is 0 Å². The molecule has 0 aromatic heterocycles. The third-order valence-corrected chi connectivity index (χ3v) is 0. The maximum atomic E-state index is 8.48. The van der Waals surface area contributed by atoms with Crippen molar-refractivity contribution in [3.8, 4) is 0 Å². The van der Waals surface area contributed by atoms with Gasteiger partial charge < -0.3 is 46.6 Å². The van der Waals surface area contributed by atoms with E-state index in [-0.39, 0.29) is 52.4 Å². The van der Waals surface area contributed by atoms with Crippen molar-refractivity contribution >= 4 is 69.6 Å². The Morgan fingerprint density at radius 2 is 0.500 bits per heavy atom. The molecule has 0 fully saturated rings. The average Bonchev–Trinajstić information content (AvgIpc) is 1.25. The van der Waals surface area contributed by atoms with Gasteiger partial charge in [0.15, 0.2) is 0 Å². The molecule has 10 heteroatoms. The summed E-state index contributed by atoms with van der Waals surface area (Å²) in [6.45, 7) is 0. The molecule has 0 unspecified atom stereocenters. The smallest absolute Gasteiger partial charge is 0.854 e. The van der Waals surface area contributed by atoms with E-state index in [0.29, 0.717) is 0 Å². The maximum Gasteiger partial charge on any atom is 3.00 e. The third-order valence-electron chi connectivity index (χ3n) is 0. The Balaban J connectivity index is -0.0000000300. The molecule has 56 valence electrons. The van der Waals surface area contributed by atoms with Gasteiger partial charge >= 0.3 is 52.4 Å². The van der Waals surface area contributed by atoms with Crippen molar-refractivity contribution in [2.24, 2.45) is 0 Å². The summed E-state index contributed by atoms with van der Waals surface area (Å²) in [7, 11) is -6.74. The van der Waals surface area contributed by atoms with Crippen LogP contribution in [0.2, 0.25) is 0 Å². The fraction of sp³-hybridized carbons (Fsp3) is 0. The zero-order valence-corrected chi connectivity index (χ0v) is 13.0. The van der Waals surface area contributed by atoms with Crippen molar-refractivity contribution < 1.29 is 29.4 Å². The number of hydrogen-bond donors (Lipinski definition) is 0. The van der Waals surface area contributed by atoms with Crippen LogP contribution in [-0.4, -0.2) is 52.4 Å². The molecule has 0 atom stereocenters. The first kappa shape index (κ1) is 22.8. The van der Waals surface area contributed by atoms with Crippen molar-refractivity contribution in [2.45, 2.75) is 0 Å². The van der Waals surface area contributed by atoms with Gasteiger partial charge in [-0.15, -0.1) is 0 Å². The molecule has 6 nitrogen and oxygen atoms in total. The van der Waals surface area contributed by atoms with Crippen LogP contribution in [0.5, 0.6) is 0 Å². The summed E-state index contributed by atoms with van der Waals surface area (Å²) in [5.41, 5.74) is 0. The molecule has 0 aromatic carbocycles. The SMILES string of the molecule is [Bi+3].[Bi+3].[O-]P([O-])[O-].[O-]P([O-])[O-]. The van der Waals surface area contributed by atoms with Crippen LogP contribution in [0.3, 0.4) is 0 Å². The van der Waals surface area contributed by atoms with Gasteiger partial charge in [0.25, 0.3) is 0 Å². The van der Waals surface area contributed by atoms with Crippen LogP contribution in [0.4, 0.5) is 0 Å². The molecule has 0 N–H and O–H groups in total. The normalized spacial score (nSPS) is 7.20. The first-order valence-corrected chi connectivity index (χ1v) is 3.29. The summed E-state index contributed by atoms with van der Waals surface area (Å²) >= 11 is 0. The van der Waals surface area contributed by atoms with E-state index in [1.165, 1.54) is 0 Å². The van der Waals surface area contributed by atoms with Gasteiger partial charge in [-0.05, 0) is 0 Å². The molecule has 0 heterocycles. The fourth-order valence-corrected chi connectivity index (χ4v) is 0. The average molecular weight is 576 g/mol. The standard InChI is InChI=1S/2Bi.2O3P/c;;2*1-4(2)3/q2*+3;2*-3. The molecule has 0 aliphatic carbocycles. The predicted octanol–water partition coefficient (Wildman–Crippen LogP) is -6.17. The summed E-state index contributed by atoms with van der Waals surface area (Å²) in [5.74, 6) is 0. The van der Waals surface area contributed by atoms with E-state index in [0.717, 1.165) is 0 Å². The summed E-state index contributed by atoms with van der Waals surface area (Å²) in [4.78, 5) is 50.9. The second-order valence-corrected chi connectivity index (χ2v) is 1.34. The van der Waals surface area contributed by atoms with Crippen LogP contribution in [0, 0.1) is 0 Å². The minimum absolute atomic E-state index is 0. The Bertz CT molecular complexity index is 29.2. The Kier molecular flexibility index (Phi) is 39.9. The Hall–Kier alpha value is 2.39. The molecule has 0 saturated carbocycles. The van der Waals surface area contributed by atoms with Gasteiger partial charge in [-0.25, -0.2) is 0 Å². The van der Waals surface area contributed by atoms with Crippen LogP contribution in [0.25, 0.3) is 0 Å². The van der Waals surface area contributed by atoms with Gasteiger partial charge in [-0.3, -0.25) is 0 Å². The van der Waals surface area contributed by atoms with E-state index >= 15 is 0 Å². The number of hydrogen-bond acceptors (Lipinski definition) is 6. The van der Waals surface area contributed by atoms with Crippen molar-refractivity contribution in [1.29, 1.82) is 0 Å². The summed E-state index contributed by atoms with van der Waals surface area (Å²) < 4.78 is 0. The molecule has 0 spiro atoms. The van der Waals surface area contributed by atoms with Gasteiger partial charge in [0.2, 0.25) is 0 Å². The van der Waals surface area contributed by atoms with Crippen molar-refractivity contribution in [3.05, 3.63) is 0 Å². The predicted molar refractivity (Wildman–Crippen MR) is 25.3 cm³/mol. The molecule has 0 aliphatic rings. The summed E-state index contributed by atoms with van der Waals surface area (Å²) in [6, 6.07) is 0. The maximum absolute atomic E-state index is 8.48. The van der Waals surface area contributed by atoms with Crippen LogP contribution < -0.4 is 29.4 Å². The molecule has 0 rings (SSSR count). The van der Waals surface area contributed by atoms with Crippen LogP contribution in [0.15, 0.2) is 0 Å². The molecular weight excluding hydrogens is 576 g/mol. The Morgan fingerprint density at radius 1 is 0.500 bits per heavy atom. The first-order valence-electron chi connectivity index (χ1n) is 1.10. The third kappa shape index (κ3) is 161. The fourth-order valence-electron chi connectivity index (χ4n) is 0. The minimum atomic E-state index is -3.37. The molecule has 0 aliphatic heterocycles. The van der Waals surface area contributed by atoms with Crippen molar-refractivity contribution in [2.75, 3.05) is 0 Å². The summed E-state index contributed by atoms with van der Waals surface area (Å²) in [6.07, 6.45) is 0. The zero-order chi connectivity index (χ0) is 7.15. The molecular formula is Bi2O6P2. The van der Waals surface area contributed by atoms with Crippen LogP contribution >= 0.6 is 17.2 Å². The number of rotatable bonds is 0. The Morgan fingerprint density at radius 3 is 0.500 bits per heavy atom. The quantitative estimate of drug-likeness (QED) is 0.208. The van der Waals surface area contributed by atoms with Crippen molar-refractivity contribution in [1.82, 2.24) is 0 Å². The Labute approximate surface area is 98.2 Å². The van der Waals surface area contributed by atoms with Gasteiger partial charge in [-0.2, -0.15) is 0 Å². The first-order chi connectivity index (χ1) is 3.46. The van der Waals surface area contributed by atoms with E-state index in [2.05, 4.69) is 0 Å². The van der Waals surface area contributed by atoms with Gasteiger partial charge in [0.1, 0.15) is 0 Å². The monoisotopic (exact) mass is 576 g/mol. The molecule has 0 amide bonds. The molecule has 0 aromatic rings. The van der Waals surface area contributed by atoms with E-state index in [4.69, 9.17) is 29.4 Å². The van der Waals surface area contributed by atoms with Gasteiger partial charge in [0, 0.05) is 0 Å². The van der Waals surface area contributed by atoms with E-state index < -0.39 is 17.2 Å². The van der Waals surface area contributed by atoms with Crippen LogP contribution in [0.1, 0.15) is 0 Å². The second kappa shape index (κ2) is 17.5. The van der Waals surface area contributed by atoms with E-state index in [1.807, 2.05) is 0 Å². The molecule has 0 bridgehead atoms. The molecule has 10 heavy (non-hydrogen) atoms. The summed E-state index contributed by atoms with van der Waals surface area (Å²) in [5, 5.41) is 0. The van der Waals surface area contributed by atoms with E-state index in [9.17, 15) is 0 Å². The van der Waals surface area contributed by atoms with E-state index in [1.54, 1.807) is 0 Å². The zero-order valence-electron chi connectivity index (χ0n) is 4.24. The molecule has 4 radical (unpaired) electrons. The topological polar surface area (TPSA) is 138 Å². The van der Waals surface area contributed by atoms with Gasteiger partial charge in [-0.1, -0.05) is 0 Å². The largest absolute Gasteiger partial charge is 3.00 e. The van der Waals surface area contributed by atoms with Crippen molar-refractivity contribution in [3.63, 3.8) is 0 Å². The second-order valence-electron chi connectivity index (χ2n) is 0.447. The molecule has 0 saturated heterocycles. The van der Waals surface area contributed by atoms with Gasteiger partial charge in [0.05, 0.1) is 0 Å².